The Morgan fingerprint density at radius 2 is 2.20 bits per heavy atom. The molecule has 0 bridgehead atoms. The van der Waals surface area contributed by atoms with E-state index in [2.05, 4.69) is 5.32 Å². The van der Waals surface area contributed by atoms with E-state index in [4.69, 9.17) is 5.73 Å². The smallest absolute Gasteiger partial charge is 0.236 e. The number of hydrogen-bond donors (Lipinski definition) is 2. The average Bonchev–Trinajstić information content (AvgIpc) is 2.66. The van der Waals surface area contributed by atoms with Crippen LogP contribution in [0.3, 0.4) is 0 Å². The Kier molecular flexibility index (Phi) is 3.68. The summed E-state index contributed by atoms with van der Waals surface area (Å²) in [6.07, 6.45) is 2.24. The Balaban J connectivity index is 0.000000810. The fraction of sp³-hybridized carbons (Fsp3) is 0.833. The van der Waals surface area contributed by atoms with Gasteiger partial charge < -0.3 is 11.1 Å². The summed E-state index contributed by atoms with van der Waals surface area (Å²) in [4.78, 5) is 10.8. The van der Waals surface area contributed by atoms with E-state index in [0.717, 1.165) is 12.8 Å². The van der Waals surface area contributed by atoms with E-state index in [1.165, 1.54) is 0 Å². The molecule has 0 unspecified atom stereocenters. The summed E-state index contributed by atoms with van der Waals surface area (Å²) in [5, 5.41) is 2.52. The van der Waals surface area contributed by atoms with Gasteiger partial charge in [0.15, 0.2) is 0 Å². The van der Waals surface area contributed by atoms with Crippen molar-refractivity contribution in [2.45, 2.75) is 18.9 Å². The number of likely N-dealkylation sites (N-methyl/N-ethyl adjacent to an activating group) is 1. The van der Waals surface area contributed by atoms with Crippen LogP contribution in [0.2, 0.25) is 0 Å². The van der Waals surface area contributed by atoms with Gasteiger partial charge in [-0.1, -0.05) is 0 Å². The van der Waals surface area contributed by atoms with E-state index in [0.29, 0.717) is 5.92 Å². The van der Waals surface area contributed by atoms with Crippen LogP contribution in [0, 0.1) is 5.92 Å². The molecule has 10 heavy (non-hydrogen) atoms. The van der Waals surface area contributed by atoms with Gasteiger partial charge in [-0.25, -0.2) is 0 Å². The van der Waals surface area contributed by atoms with Gasteiger partial charge in [-0.2, -0.15) is 0 Å². The summed E-state index contributed by atoms with van der Waals surface area (Å²) in [7, 11) is 1.62. The van der Waals surface area contributed by atoms with E-state index in [-0.39, 0.29) is 24.4 Å². The Bertz CT molecular complexity index is 125. The lowest BCUT2D eigenvalue weighted by molar-refractivity contribution is -0.122. The number of nitrogens with two attached hydrogens (primary N) is 1. The topological polar surface area (TPSA) is 55.1 Å². The van der Waals surface area contributed by atoms with Crippen LogP contribution in [-0.2, 0) is 4.79 Å². The maximum absolute atomic E-state index is 10.8. The lowest BCUT2D eigenvalue weighted by atomic mass is 10.2. The van der Waals surface area contributed by atoms with E-state index in [1.54, 1.807) is 7.05 Å². The molecule has 0 saturated heterocycles. The van der Waals surface area contributed by atoms with Gasteiger partial charge in [-0.05, 0) is 18.8 Å². The highest BCUT2D eigenvalue weighted by Crippen LogP contribution is 2.31. The first-order chi connectivity index (χ1) is 4.25. The quantitative estimate of drug-likeness (QED) is 0.599. The third kappa shape index (κ3) is 2.15. The van der Waals surface area contributed by atoms with Gasteiger partial charge in [0.25, 0.3) is 0 Å². The van der Waals surface area contributed by atoms with Gasteiger partial charge >= 0.3 is 0 Å². The molecule has 60 valence electrons. The first kappa shape index (κ1) is 9.72. The van der Waals surface area contributed by atoms with Crippen molar-refractivity contribution in [2.75, 3.05) is 7.05 Å². The second-order valence-corrected chi connectivity index (χ2v) is 2.48. The fourth-order valence-electron chi connectivity index (χ4n) is 0.836. The molecule has 1 rings (SSSR count). The summed E-state index contributed by atoms with van der Waals surface area (Å²) in [6.45, 7) is 0. The zero-order chi connectivity index (χ0) is 6.85. The zero-order valence-electron chi connectivity index (χ0n) is 5.96. The van der Waals surface area contributed by atoms with Crippen LogP contribution < -0.4 is 11.1 Å². The summed E-state index contributed by atoms with van der Waals surface area (Å²) in [5.74, 6) is 0.433. The molecule has 4 heteroatoms. The molecule has 1 aliphatic rings. The highest BCUT2D eigenvalue weighted by atomic mass is 35.5. The Labute approximate surface area is 66.8 Å². The van der Waals surface area contributed by atoms with E-state index in [9.17, 15) is 4.79 Å². The normalized spacial score (nSPS) is 19.0. The molecule has 0 aromatic rings. The summed E-state index contributed by atoms with van der Waals surface area (Å²) in [5.41, 5.74) is 5.52. The second-order valence-electron chi connectivity index (χ2n) is 2.48. The summed E-state index contributed by atoms with van der Waals surface area (Å²) >= 11 is 0. The van der Waals surface area contributed by atoms with Crippen molar-refractivity contribution < 1.29 is 4.79 Å². The molecule has 3 N–H and O–H groups in total. The molecule has 1 amide bonds. The molecule has 1 aliphatic carbocycles. The second kappa shape index (κ2) is 3.78. The van der Waals surface area contributed by atoms with Crippen LogP contribution in [-0.4, -0.2) is 19.0 Å². The van der Waals surface area contributed by atoms with Crippen LogP contribution in [0.5, 0.6) is 0 Å². The number of rotatable bonds is 2. The minimum Gasteiger partial charge on any atom is -0.358 e. The molecule has 1 saturated carbocycles. The molecule has 0 aromatic heterocycles. The maximum atomic E-state index is 10.8. The van der Waals surface area contributed by atoms with Gasteiger partial charge in [-0.3, -0.25) is 4.79 Å². The lowest BCUT2D eigenvalue weighted by Crippen LogP contribution is -2.40. The van der Waals surface area contributed by atoms with Gasteiger partial charge in [0, 0.05) is 7.05 Å². The SMILES string of the molecule is CNC(=O)[C@@H](N)C1CC1.Cl. The number of carbonyl (C=O) groups excluding carboxylic acids is 1. The third-order valence-corrected chi connectivity index (χ3v) is 1.68. The Morgan fingerprint density at radius 3 is 2.50 bits per heavy atom. The van der Waals surface area contributed by atoms with Crippen molar-refractivity contribution in [2.24, 2.45) is 11.7 Å². The third-order valence-electron chi connectivity index (χ3n) is 1.68. The number of halogens is 1. The van der Waals surface area contributed by atoms with E-state index in [1.807, 2.05) is 0 Å². The Hall–Kier alpha value is -0.280. The minimum atomic E-state index is -0.255. The van der Waals surface area contributed by atoms with Crippen LogP contribution in [0.1, 0.15) is 12.8 Å². The van der Waals surface area contributed by atoms with Crippen LogP contribution in [0.4, 0.5) is 0 Å². The standard InChI is InChI=1S/C6H12N2O.ClH/c1-8-6(9)5(7)4-2-3-4;/h4-5H,2-3,7H2,1H3,(H,8,9);1H/t5-;/m0./s1. The van der Waals surface area contributed by atoms with Crippen molar-refractivity contribution in [1.29, 1.82) is 0 Å². The molecule has 0 aliphatic heterocycles. The number of nitrogens with one attached hydrogen (secondary N) is 1. The molecular weight excluding hydrogens is 152 g/mol. The van der Waals surface area contributed by atoms with Crippen LogP contribution >= 0.6 is 12.4 Å². The van der Waals surface area contributed by atoms with Crippen molar-refractivity contribution in [3.8, 4) is 0 Å². The number of amides is 1. The van der Waals surface area contributed by atoms with E-state index < -0.39 is 0 Å². The predicted octanol–water partition coefficient (Wildman–Crippen LogP) is -0.109. The van der Waals surface area contributed by atoms with E-state index >= 15 is 0 Å². The molecule has 0 aromatic carbocycles. The van der Waals surface area contributed by atoms with Gasteiger partial charge in [0.1, 0.15) is 0 Å². The van der Waals surface area contributed by atoms with Crippen LogP contribution in [0.15, 0.2) is 0 Å². The lowest BCUT2D eigenvalue weighted by Gasteiger charge is -2.06. The summed E-state index contributed by atoms with van der Waals surface area (Å²) in [6, 6.07) is -0.255. The number of carbonyl (C=O) groups is 1. The number of hydrogen-bond acceptors (Lipinski definition) is 2. The molecule has 0 spiro atoms. The first-order valence-electron chi connectivity index (χ1n) is 3.23. The molecule has 1 fully saturated rings. The molecule has 3 nitrogen and oxygen atoms in total. The molecule has 0 radical (unpaired) electrons. The molecule has 1 atom stereocenters. The zero-order valence-corrected chi connectivity index (χ0v) is 6.78. The highest BCUT2D eigenvalue weighted by Gasteiger charge is 2.32. The summed E-state index contributed by atoms with van der Waals surface area (Å²) < 4.78 is 0. The minimum absolute atomic E-state index is 0. The van der Waals surface area contributed by atoms with Crippen molar-refractivity contribution in [3.05, 3.63) is 0 Å². The molecule has 0 heterocycles. The van der Waals surface area contributed by atoms with Crippen molar-refractivity contribution in [3.63, 3.8) is 0 Å². The van der Waals surface area contributed by atoms with Crippen molar-refractivity contribution >= 4 is 18.3 Å². The Morgan fingerprint density at radius 1 is 1.70 bits per heavy atom. The van der Waals surface area contributed by atoms with Gasteiger partial charge in [-0.15, -0.1) is 12.4 Å². The highest BCUT2D eigenvalue weighted by molar-refractivity contribution is 5.85. The van der Waals surface area contributed by atoms with Crippen molar-refractivity contribution in [1.82, 2.24) is 5.32 Å². The van der Waals surface area contributed by atoms with Gasteiger partial charge in [0.05, 0.1) is 6.04 Å². The van der Waals surface area contributed by atoms with Crippen LogP contribution in [0.25, 0.3) is 0 Å². The first-order valence-corrected chi connectivity index (χ1v) is 3.23. The largest absolute Gasteiger partial charge is 0.358 e. The monoisotopic (exact) mass is 164 g/mol. The molecular formula is C6H13ClN2O. The average molecular weight is 165 g/mol. The maximum Gasteiger partial charge on any atom is 0.236 e. The predicted molar refractivity (Wildman–Crippen MR) is 42.0 cm³/mol. The van der Waals surface area contributed by atoms with Gasteiger partial charge in [0.2, 0.25) is 5.91 Å². The fourth-order valence-corrected chi connectivity index (χ4v) is 0.836.